The molecule has 1 aliphatic heterocycles. The first-order valence-electron chi connectivity index (χ1n) is 13.7. The molecule has 0 saturated heterocycles. The highest BCUT2D eigenvalue weighted by Gasteiger charge is 2.32. The highest BCUT2D eigenvalue weighted by atomic mass is 16.5. The van der Waals surface area contributed by atoms with Gasteiger partial charge in [0.05, 0.1) is 13.7 Å². The van der Waals surface area contributed by atoms with E-state index < -0.39 is 0 Å². The second-order valence-electron chi connectivity index (χ2n) is 10.7. The zero-order valence-corrected chi connectivity index (χ0v) is 21.9. The molecular formula is C37H28O2. The Labute approximate surface area is 228 Å². The van der Waals surface area contributed by atoms with Crippen molar-refractivity contribution in [1.82, 2.24) is 0 Å². The standard InChI is InChI=1S/C37H28O2/c1-38-29-19-17-24-11-13-25-14-15-26-18-20-31-36(35(26)33(25)32(24)21-29)34-28(16-12-23-7-5-6-10-30(23)34)22-39-37(31)27-8-3-2-4-9-27/h2-13,16-21,37H,14-15,22H2,1H3/t37-/m0/s1. The third kappa shape index (κ3) is 3.45. The lowest BCUT2D eigenvalue weighted by molar-refractivity contribution is 0.0693. The normalized spacial score (nSPS) is 15.7. The quantitative estimate of drug-likeness (QED) is 0.234. The molecule has 0 aromatic heterocycles. The molecule has 188 valence electrons. The van der Waals surface area contributed by atoms with Crippen molar-refractivity contribution >= 4 is 21.5 Å². The van der Waals surface area contributed by atoms with Crippen LogP contribution >= 0.6 is 0 Å². The lowest BCUT2D eigenvalue weighted by atomic mass is 9.75. The smallest absolute Gasteiger partial charge is 0.119 e. The van der Waals surface area contributed by atoms with E-state index in [0.717, 1.165) is 18.6 Å². The summed E-state index contributed by atoms with van der Waals surface area (Å²) in [5, 5.41) is 5.03. The molecule has 0 unspecified atom stereocenters. The van der Waals surface area contributed by atoms with Gasteiger partial charge in [-0.25, -0.2) is 0 Å². The number of aryl methyl sites for hydroxylation is 2. The molecule has 6 aromatic rings. The first-order valence-corrected chi connectivity index (χ1v) is 13.7. The second-order valence-corrected chi connectivity index (χ2v) is 10.7. The molecule has 1 aliphatic carbocycles. The van der Waals surface area contributed by atoms with Gasteiger partial charge in [0, 0.05) is 0 Å². The van der Waals surface area contributed by atoms with Gasteiger partial charge in [-0.15, -0.1) is 0 Å². The third-order valence-corrected chi connectivity index (χ3v) is 8.61. The SMILES string of the molecule is COc1ccc2ccc3c(c2c1)-c1c(ccc2c1-c1c(ccc4ccccc14)CO[C@H]2c1ccccc1)CC3. The van der Waals surface area contributed by atoms with Gasteiger partial charge in [-0.05, 0) is 96.6 Å². The summed E-state index contributed by atoms with van der Waals surface area (Å²) in [6, 6.07) is 39.7. The van der Waals surface area contributed by atoms with E-state index in [2.05, 4.69) is 109 Å². The number of hydrogen-bond acceptors (Lipinski definition) is 2. The zero-order chi connectivity index (χ0) is 25.9. The first-order chi connectivity index (χ1) is 19.3. The molecule has 0 radical (unpaired) electrons. The molecule has 1 atom stereocenters. The molecule has 2 aliphatic rings. The van der Waals surface area contributed by atoms with Gasteiger partial charge in [-0.2, -0.15) is 0 Å². The second kappa shape index (κ2) is 8.83. The van der Waals surface area contributed by atoms with Crippen LogP contribution in [0.1, 0.15) is 33.9 Å². The molecule has 8 rings (SSSR count). The highest BCUT2D eigenvalue weighted by molar-refractivity contribution is 6.09. The molecule has 1 heterocycles. The number of ether oxygens (including phenoxy) is 2. The average Bonchev–Trinajstić information content (AvgIpc) is 3.18. The third-order valence-electron chi connectivity index (χ3n) is 8.61. The summed E-state index contributed by atoms with van der Waals surface area (Å²) in [7, 11) is 1.75. The minimum atomic E-state index is -0.146. The average molecular weight is 505 g/mol. The van der Waals surface area contributed by atoms with Crippen molar-refractivity contribution in [3.63, 3.8) is 0 Å². The van der Waals surface area contributed by atoms with Gasteiger partial charge in [-0.1, -0.05) is 97.1 Å². The van der Waals surface area contributed by atoms with Gasteiger partial charge in [0.2, 0.25) is 0 Å². The molecule has 0 bridgehead atoms. The number of benzene rings is 6. The van der Waals surface area contributed by atoms with E-state index in [-0.39, 0.29) is 6.10 Å². The number of rotatable bonds is 2. The summed E-state index contributed by atoms with van der Waals surface area (Å²) < 4.78 is 12.5. The van der Waals surface area contributed by atoms with Crippen LogP contribution in [0.15, 0.2) is 109 Å². The van der Waals surface area contributed by atoms with E-state index in [1.807, 2.05) is 0 Å². The van der Waals surface area contributed by atoms with Crippen molar-refractivity contribution in [3.05, 3.63) is 137 Å². The van der Waals surface area contributed by atoms with Crippen molar-refractivity contribution in [2.75, 3.05) is 7.11 Å². The first kappa shape index (κ1) is 22.6. The Bertz CT molecular complexity index is 1900. The van der Waals surface area contributed by atoms with Crippen molar-refractivity contribution in [2.24, 2.45) is 0 Å². The maximum atomic E-state index is 6.77. The Morgan fingerprint density at radius 1 is 0.590 bits per heavy atom. The van der Waals surface area contributed by atoms with E-state index in [0.29, 0.717) is 6.61 Å². The Morgan fingerprint density at radius 3 is 2.10 bits per heavy atom. The molecule has 0 amide bonds. The number of fused-ring (bicyclic) bond motifs is 11. The molecule has 2 heteroatoms. The highest BCUT2D eigenvalue weighted by Crippen LogP contribution is 2.52. The number of hydrogen-bond donors (Lipinski definition) is 0. The maximum absolute atomic E-state index is 6.77. The summed E-state index contributed by atoms with van der Waals surface area (Å²) in [6.07, 6.45) is 1.92. The molecule has 0 N–H and O–H groups in total. The van der Waals surface area contributed by atoms with Crippen LogP contribution in [0.3, 0.4) is 0 Å². The van der Waals surface area contributed by atoms with E-state index in [4.69, 9.17) is 9.47 Å². The monoisotopic (exact) mass is 504 g/mol. The van der Waals surface area contributed by atoms with Gasteiger partial charge in [0.25, 0.3) is 0 Å². The van der Waals surface area contributed by atoms with Crippen LogP contribution in [-0.4, -0.2) is 7.11 Å². The predicted octanol–water partition coefficient (Wildman–Crippen LogP) is 9.05. The van der Waals surface area contributed by atoms with Crippen LogP contribution in [-0.2, 0) is 24.2 Å². The van der Waals surface area contributed by atoms with Gasteiger partial charge < -0.3 is 9.47 Å². The van der Waals surface area contributed by atoms with Gasteiger partial charge in [0.15, 0.2) is 0 Å². The van der Waals surface area contributed by atoms with Crippen LogP contribution < -0.4 is 4.74 Å². The number of methoxy groups -OCH3 is 1. The fourth-order valence-corrected chi connectivity index (χ4v) is 6.79. The Kier molecular flexibility index (Phi) is 5.11. The Morgan fingerprint density at radius 2 is 1.26 bits per heavy atom. The van der Waals surface area contributed by atoms with Crippen molar-refractivity contribution in [3.8, 4) is 28.0 Å². The minimum absolute atomic E-state index is 0.146. The largest absolute Gasteiger partial charge is 0.497 e. The summed E-state index contributed by atoms with van der Waals surface area (Å²) in [5.74, 6) is 0.890. The van der Waals surface area contributed by atoms with Crippen LogP contribution in [0.25, 0.3) is 43.8 Å². The topological polar surface area (TPSA) is 18.5 Å². The molecule has 2 nitrogen and oxygen atoms in total. The van der Waals surface area contributed by atoms with Crippen molar-refractivity contribution in [1.29, 1.82) is 0 Å². The van der Waals surface area contributed by atoms with Crippen molar-refractivity contribution < 1.29 is 9.47 Å². The van der Waals surface area contributed by atoms with Gasteiger partial charge in [-0.3, -0.25) is 0 Å². The predicted molar refractivity (Wildman–Crippen MR) is 159 cm³/mol. The molecule has 6 aromatic carbocycles. The van der Waals surface area contributed by atoms with Gasteiger partial charge in [0.1, 0.15) is 11.9 Å². The lowest BCUT2D eigenvalue weighted by Gasteiger charge is -2.28. The Hall–Kier alpha value is -4.40. The molecule has 0 fully saturated rings. The Balaban J connectivity index is 1.54. The van der Waals surface area contributed by atoms with E-state index in [1.54, 1.807) is 7.11 Å². The summed E-state index contributed by atoms with van der Waals surface area (Å²) >= 11 is 0. The van der Waals surface area contributed by atoms with Crippen LogP contribution in [0.5, 0.6) is 5.75 Å². The molecule has 39 heavy (non-hydrogen) atoms. The molecular weight excluding hydrogens is 476 g/mol. The van der Waals surface area contributed by atoms with Crippen LogP contribution in [0.2, 0.25) is 0 Å². The maximum Gasteiger partial charge on any atom is 0.119 e. The zero-order valence-electron chi connectivity index (χ0n) is 21.9. The fourth-order valence-electron chi connectivity index (χ4n) is 6.79. The van der Waals surface area contributed by atoms with Crippen LogP contribution in [0, 0.1) is 0 Å². The summed E-state index contributed by atoms with van der Waals surface area (Å²) in [6.45, 7) is 0.569. The summed E-state index contributed by atoms with van der Waals surface area (Å²) in [4.78, 5) is 0. The molecule has 0 spiro atoms. The lowest BCUT2D eigenvalue weighted by Crippen LogP contribution is -2.10. The van der Waals surface area contributed by atoms with Gasteiger partial charge >= 0.3 is 0 Å². The van der Waals surface area contributed by atoms with Crippen LogP contribution in [0.4, 0.5) is 0 Å². The fraction of sp³-hybridized carbons (Fsp3) is 0.135. The van der Waals surface area contributed by atoms with E-state index >= 15 is 0 Å². The summed E-state index contributed by atoms with van der Waals surface area (Å²) in [5.41, 5.74) is 11.8. The molecule has 0 saturated carbocycles. The van der Waals surface area contributed by atoms with Crippen molar-refractivity contribution in [2.45, 2.75) is 25.6 Å². The van der Waals surface area contributed by atoms with E-state index in [9.17, 15) is 0 Å². The minimum Gasteiger partial charge on any atom is -0.497 e. The van der Waals surface area contributed by atoms with E-state index in [1.165, 1.54) is 71.6 Å².